The number of anilines is 2. The molecule has 39 heavy (non-hydrogen) atoms. The van der Waals surface area contributed by atoms with Gasteiger partial charge in [0.2, 0.25) is 11.8 Å². The molecule has 0 spiro atoms. The number of aromatic nitrogens is 4. The number of amides is 1. The number of likely N-dealkylation sites (tertiary alicyclic amines) is 1. The van der Waals surface area contributed by atoms with Gasteiger partial charge in [0.05, 0.1) is 42.6 Å². The quantitative estimate of drug-likeness (QED) is 0.436. The predicted molar refractivity (Wildman–Crippen MR) is 143 cm³/mol. The summed E-state index contributed by atoms with van der Waals surface area (Å²) in [5, 5.41) is 13.6. The van der Waals surface area contributed by atoms with Crippen molar-refractivity contribution in [2.45, 2.75) is 43.9 Å². The van der Waals surface area contributed by atoms with E-state index in [1.165, 1.54) is 0 Å². The third-order valence-electron chi connectivity index (χ3n) is 7.38. The number of β-amino-alcohol motifs (C(OH)–C–C–N with tert-alkyl or cyclic N) is 1. The van der Waals surface area contributed by atoms with Gasteiger partial charge in [0.25, 0.3) is 5.91 Å². The standard InChI is InChI=1S/C27H33N7O5/c35-19-15-34(16-19)25(36)17-38-21-13-29-27(30-14-21)31-18-3-5-20(6-4-18)39-26-22-2-1-7-28-23(22)12-24(32-26)33-8-10-37-11-9-33/h1-2,7,12-14,18-20,35H,3-6,8-11,15-17H2,(H,29,30,31)/t18-,20+. The van der Waals surface area contributed by atoms with Crippen molar-refractivity contribution >= 4 is 28.6 Å². The zero-order valence-electron chi connectivity index (χ0n) is 21.7. The van der Waals surface area contributed by atoms with E-state index in [2.05, 4.69) is 25.2 Å². The van der Waals surface area contributed by atoms with Gasteiger partial charge in [-0.3, -0.25) is 9.78 Å². The second-order valence-corrected chi connectivity index (χ2v) is 10.2. The molecule has 0 bridgehead atoms. The highest BCUT2D eigenvalue weighted by Crippen LogP contribution is 2.31. The van der Waals surface area contributed by atoms with E-state index < -0.39 is 6.10 Å². The van der Waals surface area contributed by atoms with Crippen LogP contribution in [0.2, 0.25) is 0 Å². The summed E-state index contributed by atoms with van der Waals surface area (Å²) in [7, 11) is 0. The molecule has 3 aromatic rings. The molecule has 5 heterocycles. The fourth-order valence-corrected chi connectivity index (χ4v) is 5.10. The molecule has 3 aromatic heterocycles. The van der Waals surface area contributed by atoms with E-state index in [0.717, 1.165) is 55.5 Å². The van der Waals surface area contributed by atoms with Crippen molar-refractivity contribution < 1.29 is 24.1 Å². The number of rotatable bonds is 8. The lowest BCUT2D eigenvalue weighted by molar-refractivity contribution is -0.143. The zero-order valence-corrected chi connectivity index (χ0v) is 21.7. The van der Waals surface area contributed by atoms with E-state index in [1.54, 1.807) is 23.5 Å². The maximum Gasteiger partial charge on any atom is 0.260 e. The van der Waals surface area contributed by atoms with E-state index in [4.69, 9.17) is 19.2 Å². The Labute approximate surface area is 226 Å². The van der Waals surface area contributed by atoms with E-state index in [0.29, 0.717) is 43.9 Å². The summed E-state index contributed by atoms with van der Waals surface area (Å²) in [4.78, 5) is 33.9. The Kier molecular flexibility index (Phi) is 7.55. The summed E-state index contributed by atoms with van der Waals surface area (Å²) in [6, 6.07) is 6.19. The molecule has 2 N–H and O–H groups in total. The van der Waals surface area contributed by atoms with E-state index in [-0.39, 0.29) is 24.7 Å². The molecule has 0 unspecified atom stereocenters. The number of morpholine rings is 1. The van der Waals surface area contributed by atoms with Gasteiger partial charge in [-0.25, -0.2) is 9.97 Å². The van der Waals surface area contributed by atoms with Gasteiger partial charge >= 0.3 is 0 Å². The minimum atomic E-state index is -0.426. The monoisotopic (exact) mass is 535 g/mol. The molecule has 1 saturated carbocycles. The lowest BCUT2D eigenvalue weighted by Gasteiger charge is -2.35. The summed E-state index contributed by atoms with van der Waals surface area (Å²) in [5.41, 5.74) is 0.882. The van der Waals surface area contributed by atoms with Crippen LogP contribution in [0.15, 0.2) is 36.8 Å². The third kappa shape index (κ3) is 6.12. The van der Waals surface area contributed by atoms with E-state index in [1.807, 2.05) is 18.2 Å². The number of aliphatic hydroxyl groups excluding tert-OH is 1. The Morgan fingerprint density at radius 2 is 1.87 bits per heavy atom. The highest BCUT2D eigenvalue weighted by atomic mass is 16.5. The zero-order chi connectivity index (χ0) is 26.6. The van der Waals surface area contributed by atoms with Crippen molar-refractivity contribution in [3.8, 4) is 11.6 Å². The number of carbonyl (C=O) groups is 1. The van der Waals surface area contributed by atoms with Crippen LogP contribution in [0.3, 0.4) is 0 Å². The summed E-state index contributed by atoms with van der Waals surface area (Å²) in [5.74, 6) is 2.32. The first-order chi connectivity index (χ1) is 19.1. The SMILES string of the molecule is O=C(COc1cnc(N[C@H]2CC[C@@H](Oc3nc(N4CCOCC4)cc4ncccc34)CC2)nc1)N1CC(O)C1. The maximum absolute atomic E-state index is 12.0. The van der Waals surface area contributed by atoms with Crippen molar-refractivity contribution in [3.63, 3.8) is 0 Å². The number of nitrogens with zero attached hydrogens (tertiary/aromatic N) is 6. The van der Waals surface area contributed by atoms with Gasteiger partial charge < -0.3 is 34.4 Å². The topological polar surface area (TPSA) is 135 Å². The first kappa shape index (κ1) is 25.5. The molecule has 3 aliphatic rings. The fraction of sp³-hybridized carbons (Fsp3) is 0.519. The van der Waals surface area contributed by atoms with Gasteiger partial charge in [0.1, 0.15) is 11.9 Å². The summed E-state index contributed by atoms with van der Waals surface area (Å²) < 4.78 is 17.5. The molecule has 2 aliphatic heterocycles. The molecule has 12 nitrogen and oxygen atoms in total. The normalized spacial score (nSPS) is 21.9. The van der Waals surface area contributed by atoms with Crippen LogP contribution in [-0.4, -0.2) is 100 Å². The Hall–Kier alpha value is -3.77. The van der Waals surface area contributed by atoms with Crippen LogP contribution in [0.25, 0.3) is 10.9 Å². The largest absolute Gasteiger partial charge is 0.481 e. The van der Waals surface area contributed by atoms with Crippen molar-refractivity contribution in [2.75, 3.05) is 56.2 Å². The van der Waals surface area contributed by atoms with Crippen LogP contribution in [0.4, 0.5) is 11.8 Å². The molecule has 206 valence electrons. The van der Waals surface area contributed by atoms with Gasteiger partial charge in [-0.2, -0.15) is 4.98 Å². The number of carbonyl (C=O) groups excluding carboxylic acids is 1. The van der Waals surface area contributed by atoms with Crippen LogP contribution in [-0.2, 0) is 9.53 Å². The highest BCUT2D eigenvalue weighted by molar-refractivity contribution is 5.85. The molecular formula is C27H33N7O5. The molecule has 0 atom stereocenters. The number of hydrogen-bond donors (Lipinski definition) is 2. The molecule has 0 radical (unpaired) electrons. The summed E-state index contributed by atoms with van der Waals surface area (Å²) in [6.07, 6.45) is 8.18. The van der Waals surface area contributed by atoms with E-state index >= 15 is 0 Å². The Bertz CT molecular complexity index is 1270. The lowest BCUT2D eigenvalue weighted by Crippen LogP contribution is -2.54. The minimum absolute atomic E-state index is 0.0700. The van der Waals surface area contributed by atoms with Gasteiger partial charge in [-0.15, -0.1) is 0 Å². The number of hydrogen-bond acceptors (Lipinski definition) is 11. The fourth-order valence-electron chi connectivity index (χ4n) is 5.10. The van der Waals surface area contributed by atoms with Crippen LogP contribution in [0.5, 0.6) is 11.6 Å². The molecule has 2 saturated heterocycles. The van der Waals surface area contributed by atoms with Gasteiger partial charge in [0.15, 0.2) is 12.4 Å². The van der Waals surface area contributed by atoms with Gasteiger partial charge in [-0.05, 0) is 37.8 Å². The van der Waals surface area contributed by atoms with Crippen LogP contribution in [0, 0.1) is 0 Å². The van der Waals surface area contributed by atoms with Crippen molar-refractivity contribution in [1.29, 1.82) is 0 Å². The molecule has 1 amide bonds. The smallest absolute Gasteiger partial charge is 0.260 e. The van der Waals surface area contributed by atoms with Gasteiger partial charge in [-0.1, -0.05) is 0 Å². The molecular weight excluding hydrogens is 502 g/mol. The van der Waals surface area contributed by atoms with Gasteiger partial charge in [0, 0.05) is 44.5 Å². The van der Waals surface area contributed by atoms with E-state index in [9.17, 15) is 9.90 Å². The Morgan fingerprint density at radius 3 is 2.62 bits per heavy atom. The van der Waals surface area contributed by atoms with Crippen LogP contribution < -0.4 is 19.7 Å². The van der Waals surface area contributed by atoms with Crippen molar-refractivity contribution in [2.24, 2.45) is 0 Å². The second kappa shape index (κ2) is 11.5. The average Bonchev–Trinajstić information content (AvgIpc) is 2.96. The molecule has 3 fully saturated rings. The first-order valence-corrected chi connectivity index (χ1v) is 13.5. The summed E-state index contributed by atoms with van der Waals surface area (Å²) in [6.45, 7) is 3.62. The van der Waals surface area contributed by atoms with Crippen molar-refractivity contribution in [3.05, 3.63) is 36.8 Å². The van der Waals surface area contributed by atoms with Crippen LogP contribution in [0.1, 0.15) is 25.7 Å². The minimum Gasteiger partial charge on any atom is -0.481 e. The Morgan fingerprint density at radius 1 is 1.10 bits per heavy atom. The number of aliphatic hydroxyl groups is 1. The van der Waals surface area contributed by atoms with Crippen LogP contribution >= 0.6 is 0 Å². The maximum atomic E-state index is 12.0. The highest BCUT2D eigenvalue weighted by Gasteiger charge is 2.29. The second-order valence-electron chi connectivity index (χ2n) is 10.2. The molecule has 1 aliphatic carbocycles. The molecule has 0 aromatic carbocycles. The predicted octanol–water partition coefficient (Wildman–Crippen LogP) is 1.64. The number of pyridine rings is 2. The van der Waals surface area contributed by atoms with Crippen molar-refractivity contribution in [1.82, 2.24) is 24.8 Å². The molecule has 12 heteroatoms. The number of ether oxygens (including phenoxy) is 3. The summed E-state index contributed by atoms with van der Waals surface area (Å²) >= 11 is 0. The first-order valence-electron chi connectivity index (χ1n) is 13.5. The number of fused-ring (bicyclic) bond motifs is 1. The lowest BCUT2D eigenvalue weighted by atomic mass is 9.93. The third-order valence-corrected chi connectivity index (χ3v) is 7.38. The Balaban J connectivity index is 1.01. The molecule has 6 rings (SSSR count). The number of nitrogens with one attached hydrogen (secondary N) is 1. The average molecular weight is 536 g/mol.